The van der Waals surface area contributed by atoms with Gasteiger partial charge in [0.25, 0.3) is 0 Å². The van der Waals surface area contributed by atoms with Crippen LogP contribution in [0.5, 0.6) is 0 Å². The SMILES string of the molecule is CCCC[N+](CCCC)(CCCC)CCCC.O=C(O)c1ccccc1.[Br-]. The number of hydrogen-bond donors (Lipinski definition) is 1. The van der Waals surface area contributed by atoms with Crippen molar-refractivity contribution in [1.29, 1.82) is 0 Å². The third-order valence-electron chi connectivity index (χ3n) is 4.96. The van der Waals surface area contributed by atoms with Crippen molar-refractivity contribution in [2.24, 2.45) is 0 Å². The second-order valence-corrected chi connectivity index (χ2v) is 7.32. The van der Waals surface area contributed by atoms with E-state index in [4.69, 9.17) is 5.11 Å². The van der Waals surface area contributed by atoms with Crippen molar-refractivity contribution in [3.05, 3.63) is 35.9 Å². The summed E-state index contributed by atoms with van der Waals surface area (Å²) in [6.45, 7) is 15.0. The summed E-state index contributed by atoms with van der Waals surface area (Å²) in [5.41, 5.74) is 0.331. The molecule has 0 spiro atoms. The fourth-order valence-corrected chi connectivity index (χ4v) is 3.23. The molecule has 1 rings (SSSR count). The number of carboxylic acids is 1. The Morgan fingerprint density at radius 1 is 0.741 bits per heavy atom. The van der Waals surface area contributed by atoms with Gasteiger partial charge in [-0.15, -0.1) is 0 Å². The highest BCUT2D eigenvalue weighted by Crippen LogP contribution is 2.16. The quantitative estimate of drug-likeness (QED) is 0.474. The van der Waals surface area contributed by atoms with E-state index in [1.165, 1.54) is 82.0 Å². The normalized spacial score (nSPS) is 10.5. The predicted octanol–water partition coefficient (Wildman–Crippen LogP) is 3.39. The van der Waals surface area contributed by atoms with Gasteiger partial charge in [-0.1, -0.05) is 71.6 Å². The van der Waals surface area contributed by atoms with Crippen LogP contribution in [0.25, 0.3) is 0 Å². The van der Waals surface area contributed by atoms with E-state index in [0.717, 1.165) is 0 Å². The third kappa shape index (κ3) is 13.9. The highest BCUT2D eigenvalue weighted by molar-refractivity contribution is 5.87. The van der Waals surface area contributed by atoms with Gasteiger partial charge in [-0.25, -0.2) is 4.79 Å². The van der Waals surface area contributed by atoms with Crippen molar-refractivity contribution in [2.45, 2.75) is 79.1 Å². The Hall–Kier alpha value is -0.870. The molecule has 1 N–H and O–H groups in total. The highest BCUT2D eigenvalue weighted by Gasteiger charge is 2.24. The molecule has 158 valence electrons. The molecule has 0 bridgehead atoms. The van der Waals surface area contributed by atoms with Gasteiger partial charge < -0.3 is 26.6 Å². The third-order valence-corrected chi connectivity index (χ3v) is 4.96. The first-order valence-corrected chi connectivity index (χ1v) is 10.7. The van der Waals surface area contributed by atoms with E-state index in [9.17, 15) is 4.79 Å². The lowest BCUT2D eigenvalue weighted by molar-refractivity contribution is -0.929. The maximum absolute atomic E-state index is 10.2. The Kier molecular flexibility index (Phi) is 19.4. The second kappa shape index (κ2) is 18.5. The molecule has 0 saturated heterocycles. The summed E-state index contributed by atoms with van der Waals surface area (Å²) >= 11 is 0. The fourth-order valence-electron chi connectivity index (χ4n) is 3.23. The number of aromatic carboxylic acids is 1. The molecule has 0 aliphatic rings. The first kappa shape index (κ1) is 28.3. The average molecular weight is 444 g/mol. The molecular formula is C23H42BrNO2. The molecule has 0 radical (unpaired) electrons. The number of unbranched alkanes of at least 4 members (excludes halogenated alkanes) is 4. The molecular weight excluding hydrogens is 402 g/mol. The standard InChI is InChI=1S/C16H36N.C7H6O2.BrH/c1-5-9-13-17(14-10-6-2,15-11-7-3)16-12-8-4;8-7(9)6-4-2-1-3-5-6;/h5-16H2,1-4H3;1-5H,(H,8,9);1H/q+1;;/p-1. The highest BCUT2D eigenvalue weighted by atomic mass is 79.9. The van der Waals surface area contributed by atoms with Crippen LogP contribution in [0.2, 0.25) is 0 Å². The maximum atomic E-state index is 10.2. The zero-order valence-corrected chi connectivity index (χ0v) is 19.6. The van der Waals surface area contributed by atoms with E-state index >= 15 is 0 Å². The van der Waals surface area contributed by atoms with Crippen molar-refractivity contribution in [3.63, 3.8) is 0 Å². The zero-order chi connectivity index (χ0) is 19.7. The Labute approximate surface area is 178 Å². The van der Waals surface area contributed by atoms with Crippen LogP contribution in [0.15, 0.2) is 30.3 Å². The number of hydrogen-bond acceptors (Lipinski definition) is 1. The van der Waals surface area contributed by atoms with Gasteiger partial charge in [0.05, 0.1) is 31.7 Å². The van der Waals surface area contributed by atoms with E-state index in [2.05, 4.69) is 27.7 Å². The molecule has 4 heteroatoms. The number of halogens is 1. The summed E-state index contributed by atoms with van der Waals surface area (Å²) in [6.07, 6.45) is 11.1. The van der Waals surface area contributed by atoms with Gasteiger partial charge in [0.15, 0.2) is 0 Å². The van der Waals surface area contributed by atoms with Crippen LogP contribution in [0, 0.1) is 0 Å². The summed E-state index contributed by atoms with van der Waals surface area (Å²) < 4.78 is 1.42. The maximum Gasteiger partial charge on any atom is 0.335 e. The molecule has 27 heavy (non-hydrogen) atoms. The summed E-state index contributed by atoms with van der Waals surface area (Å²) in [6, 6.07) is 8.30. The average Bonchev–Trinajstić information content (AvgIpc) is 2.68. The van der Waals surface area contributed by atoms with E-state index < -0.39 is 5.97 Å². The number of nitrogens with zero attached hydrogens (tertiary/aromatic N) is 1. The molecule has 0 aliphatic heterocycles. The first-order valence-electron chi connectivity index (χ1n) is 10.7. The van der Waals surface area contributed by atoms with Crippen molar-refractivity contribution in [3.8, 4) is 0 Å². The molecule has 0 aliphatic carbocycles. The number of carbonyl (C=O) groups is 1. The molecule has 0 aromatic heterocycles. The van der Waals surface area contributed by atoms with Crippen LogP contribution >= 0.6 is 0 Å². The molecule has 0 atom stereocenters. The fraction of sp³-hybridized carbons (Fsp3) is 0.696. The number of benzene rings is 1. The Morgan fingerprint density at radius 2 is 1.07 bits per heavy atom. The largest absolute Gasteiger partial charge is 1.00 e. The Bertz CT molecular complexity index is 413. The van der Waals surface area contributed by atoms with E-state index in [1.54, 1.807) is 30.3 Å². The lowest BCUT2D eigenvalue weighted by Gasteiger charge is -2.39. The van der Waals surface area contributed by atoms with Gasteiger partial charge in [-0.05, 0) is 37.8 Å². The van der Waals surface area contributed by atoms with Crippen LogP contribution in [0.4, 0.5) is 0 Å². The first-order chi connectivity index (χ1) is 12.5. The molecule has 0 heterocycles. The van der Waals surface area contributed by atoms with E-state index in [1.807, 2.05) is 0 Å². The van der Waals surface area contributed by atoms with Crippen LogP contribution in [-0.2, 0) is 0 Å². The molecule has 0 amide bonds. The molecule has 0 fully saturated rings. The second-order valence-electron chi connectivity index (χ2n) is 7.32. The van der Waals surface area contributed by atoms with Gasteiger partial charge in [0.2, 0.25) is 0 Å². The zero-order valence-electron chi connectivity index (χ0n) is 18.1. The summed E-state index contributed by atoms with van der Waals surface area (Å²) in [4.78, 5) is 10.2. The monoisotopic (exact) mass is 443 g/mol. The van der Waals surface area contributed by atoms with Crippen LogP contribution in [0.1, 0.15) is 89.4 Å². The predicted molar refractivity (Wildman–Crippen MR) is 113 cm³/mol. The minimum absolute atomic E-state index is 0. The minimum Gasteiger partial charge on any atom is -1.00 e. The summed E-state index contributed by atoms with van der Waals surface area (Å²) in [5, 5.41) is 8.38. The van der Waals surface area contributed by atoms with Gasteiger partial charge in [-0.3, -0.25) is 0 Å². The van der Waals surface area contributed by atoms with Crippen molar-refractivity contribution >= 4 is 5.97 Å². The Morgan fingerprint density at radius 3 is 1.30 bits per heavy atom. The Balaban J connectivity index is 0. The van der Waals surface area contributed by atoms with E-state index in [0.29, 0.717) is 5.56 Å². The molecule has 3 nitrogen and oxygen atoms in total. The van der Waals surface area contributed by atoms with Gasteiger partial charge >= 0.3 is 5.97 Å². The number of quaternary nitrogens is 1. The van der Waals surface area contributed by atoms with Crippen LogP contribution in [-0.4, -0.2) is 41.7 Å². The van der Waals surface area contributed by atoms with Gasteiger partial charge in [0, 0.05) is 0 Å². The lowest BCUT2D eigenvalue weighted by Crippen LogP contribution is -3.00. The summed E-state index contributed by atoms with van der Waals surface area (Å²) in [7, 11) is 0. The summed E-state index contributed by atoms with van der Waals surface area (Å²) in [5.74, 6) is -0.879. The van der Waals surface area contributed by atoms with Gasteiger partial charge in [-0.2, -0.15) is 0 Å². The number of rotatable bonds is 13. The smallest absolute Gasteiger partial charge is 0.335 e. The molecule has 1 aromatic rings. The van der Waals surface area contributed by atoms with Crippen LogP contribution in [0.3, 0.4) is 0 Å². The lowest BCUT2D eigenvalue weighted by atomic mass is 10.1. The van der Waals surface area contributed by atoms with Crippen molar-refractivity contribution in [2.75, 3.05) is 26.2 Å². The molecule has 0 unspecified atom stereocenters. The molecule has 1 aromatic carbocycles. The minimum atomic E-state index is -0.879. The van der Waals surface area contributed by atoms with Crippen molar-refractivity contribution in [1.82, 2.24) is 0 Å². The van der Waals surface area contributed by atoms with E-state index in [-0.39, 0.29) is 17.0 Å². The number of carboxylic acid groups (broad SMARTS) is 1. The topological polar surface area (TPSA) is 37.3 Å². The molecule has 0 saturated carbocycles. The van der Waals surface area contributed by atoms with Crippen LogP contribution < -0.4 is 17.0 Å². The van der Waals surface area contributed by atoms with Crippen molar-refractivity contribution < 1.29 is 31.4 Å². The van der Waals surface area contributed by atoms with Gasteiger partial charge in [0.1, 0.15) is 0 Å².